The number of rotatable bonds is 2. The fraction of sp³-hybridized carbons (Fsp3) is 0.714. The predicted octanol–water partition coefficient (Wildman–Crippen LogP) is 1.55. The zero-order valence-electron chi connectivity index (χ0n) is 12.3. The van der Waals surface area contributed by atoms with E-state index in [-0.39, 0.29) is 30.4 Å². The molecule has 7 heteroatoms. The Kier molecular flexibility index (Phi) is 5.60. The second-order valence-corrected chi connectivity index (χ2v) is 6.99. The van der Waals surface area contributed by atoms with Crippen LogP contribution in [0, 0.1) is 0 Å². The van der Waals surface area contributed by atoms with E-state index in [0.717, 1.165) is 44.5 Å². The third-order valence-electron chi connectivity index (χ3n) is 4.25. The number of carbonyl (C=O) groups is 1. The van der Waals surface area contributed by atoms with Gasteiger partial charge < -0.3 is 16.0 Å². The number of aromatic nitrogens is 1. The van der Waals surface area contributed by atoms with Gasteiger partial charge in [0.2, 0.25) is 0 Å². The highest BCUT2D eigenvalue weighted by molar-refractivity contribution is 7.13. The standard InChI is InChI=1S/C14H22N4OS.ClH/c1-18-7-6-11-12(8-18)20-14(17-11)13(19)16-10-5-3-2-4-9(10)15;/h9-10H,2-8,15H2,1H3,(H,16,19);1H/t9-,10+;/m1./s1. The minimum atomic E-state index is -0.0468. The van der Waals surface area contributed by atoms with Crippen LogP contribution in [0.25, 0.3) is 0 Å². The number of hydrogen-bond donors (Lipinski definition) is 2. The van der Waals surface area contributed by atoms with E-state index in [9.17, 15) is 4.79 Å². The largest absolute Gasteiger partial charge is 0.346 e. The molecular formula is C14H23ClN4OS. The lowest BCUT2D eigenvalue weighted by Crippen LogP contribution is -2.49. The third kappa shape index (κ3) is 3.74. The molecule has 21 heavy (non-hydrogen) atoms. The molecule has 3 rings (SSSR count). The van der Waals surface area contributed by atoms with E-state index in [1.165, 1.54) is 22.6 Å². The van der Waals surface area contributed by atoms with Crippen LogP contribution in [-0.4, -0.2) is 41.5 Å². The lowest BCUT2D eigenvalue weighted by molar-refractivity contribution is 0.0920. The van der Waals surface area contributed by atoms with E-state index in [1.54, 1.807) is 0 Å². The van der Waals surface area contributed by atoms with Crippen LogP contribution in [0.2, 0.25) is 0 Å². The molecule has 118 valence electrons. The highest BCUT2D eigenvalue weighted by atomic mass is 35.5. The average Bonchev–Trinajstić information content (AvgIpc) is 2.84. The Morgan fingerprint density at radius 1 is 1.43 bits per heavy atom. The molecule has 1 saturated carbocycles. The summed E-state index contributed by atoms with van der Waals surface area (Å²) < 4.78 is 0. The van der Waals surface area contributed by atoms with Gasteiger partial charge in [-0.25, -0.2) is 4.98 Å². The van der Waals surface area contributed by atoms with Gasteiger partial charge >= 0.3 is 0 Å². The molecule has 0 spiro atoms. The normalized spacial score (nSPS) is 25.8. The highest BCUT2D eigenvalue weighted by Gasteiger charge is 2.26. The van der Waals surface area contributed by atoms with Crippen molar-refractivity contribution in [1.29, 1.82) is 0 Å². The smallest absolute Gasteiger partial charge is 0.280 e. The zero-order valence-corrected chi connectivity index (χ0v) is 13.9. The fourth-order valence-electron chi connectivity index (χ4n) is 2.99. The molecule has 2 heterocycles. The number of likely N-dealkylation sites (N-methyl/N-ethyl adjacent to an activating group) is 1. The number of halogens is 1. The van der Waals surface area contributed by atoms with Crippen molar-refractivity contribution in [3.8, 4) is 0 Å². The molecular weight excluding hydrogens is 308 g/mol. The van der Waals surface area contributed by atoms with Crippen LogP contribution in [0.15, 0.2) is 0 Å². The molecule has 1 amide bonds. The van der Waals surface area contributed by atoms with Crippen molar-refractivity contribution in [2.24, 2.45) is 5.73 Å². The van der Waals surface area contributed by atoms with Crippen LogP contribution < -0.4 is 11.1 Å². The second kappa shape index (κ2) is 7.05. The lowest BCUT2D eigenvalue weighted by Gasteiger charge is -2.28. The molecule has 1 aliphatic heterocycles. The van der Waals surface area contributed by atoms with E-state index in [1.807, 2.05) is 0 Å². The molecule has 2 aliphatic rings. The van der Waals surface area contributed by atoms with Crippen molar-refractivity contribution in [2.45, 2.75) is 50.7 Å². The minimum absolute atomic E-state index is 0. The summed E-state index contributed by atoms with van der Waals surface area (Å²) in [7, 11) is 2.10. The van der Waals surface area contributed by atoms with E-state index in [0.29, 0.717) is 5.01 Å². The average molecular weight is 331 g/mol. The Bertz CT molecular complexity index is 507. The molecule has 0 aromatic carbocycles. The number of amides is 1. The molecule has 1 aromatic rings. The molecule has 0 bridgehead atoms. The van der Waals surface area contributed by atoms with Gasteiger partial charge in [0.25, 0.3) is 5.91 Å². The third-order valence-corrected chi connectivity index (χ3v) is 5.33. The summed E-state index contributed by atoms with van der Waals surface area (Å²) in [5.74, 6) is -0.0468. The van der Waals surface area contributed by atoms with Gasteiger partial charge in [0.1, 0.15) is 0 Å². The predicted molar refractivity (Wildman–Crippen MR) is 87.1 cm³/mol. The second-order valence-electron chi connectivity index (χ2n) is 5.90. The van der Waals surface area contributed by atoms with Gasteiger partial charge in [-0.05, 0) is 19.9 Å². The van der Waals surface area contributed by atoms with Gasteiger partial charge in [-0.1, -0.05) is 12.8 Å². The summed E-state index contributed by atoms with van der Waals surface area (Å²) in [6.07, 6.45) is 5.26. The van der Waals surface area contributed by atoms with Crippen molar-refractivity contribution < 1.29 is 4.79 Å². The Labute approximate surface area is 135 Å². The van der Waals surface area contributed by atoms with Gasteiger partial charge in [0.15, 0.2) is 5.01 Å². The number of fused-ring (bicyclic) bond motifs is 1. The Balaban J connectivity index is 0.00000161. The van der Waals surface area contributed by atoms with Crippen molar-refractivity contribution >= 4 is 29.7 Å². The van der Waals surface area contributed by atoms with Crippen LogP contribution in [0.3, 0.4) is 0 Å². The number of hydrogen-bond acceptors (Lipinski definition) is 5. The van der Waals surface area contributed by atoms with Crippen molar-refractivity contribution in [2.75, 3.05) is 13.6 Å². The minimum Gasteiger partial charge on any atom is -0.346 e. The molecule has 5 nitrogen and oxygen atoms in total. The summed E-state index contributed by atoms with van der Waals surface area (Å²) in [4.78, 5) is 20.3. The van der Waals surface area contributed by atoms with Gasteiger partial charge in [-0.3, -0.25) is 4.79 Å². The Hall–Kier alpha value is -0.690. The van der Waals surface area contributed by atoms with Gasteiger partial charge in [0.05, 0.1) is 5.69 Å². The maximum Gasteiger partial charge on any atom is 0.280 e. The molecule has 0 unspecified atom stereocenters. The molecule has 0 saturated heterocycles. The molecule has 1 aliphatic carbocycles. The van der Waals surface area contributed by atoms with Crippen molar-refractivity contribution in [3.63, 3.8) is 0 Å². The lowest BCUT2D eigenvalue weighted by atomic mass is 9.91. The zero-order chi connectivity index (χ0) is 14.1. The number of thiazole rings is 1. The number of nitrogens with two attached hydrogens (primary N) is 1. The number of carbonyl (C=O) groups excluding carboxylic acids is 1. The van der Waals surface area contributed by atoms with Crippen LogP contribution in [0.5, 0.6) is 0 Å². The number of nitrogens with zero attached hydrogens (tertiary/aromatic N) is 2. The summed E-state index contributed by atoms with van der Waals surface area (Å²) in [6, 6.07) is 0.202. The maximum atomic E-state index is 12.3. The van der Waals surface area contributed by atoms with Crippen LogP contribution >= 0.6 is 23.7 Å². The van der Waals surface area contributed by atoms with Crippen molar-refractivity contribution in [1.82, 2.24) is 15.2 Å². The van der Waals surface area contributed by atoms with Gasteiger partial charge in [-0.2, -0.15) is 0 Å². The van der Waals surface area contributed by atoms with Gasteiger partial charge in [0, 0.05) is 36.5 Å². The summed E-state index contributed by atoms with van der Waals surface area (Å²) in [6.45, 7) is 1.93. The summed E-state index contributed by atoms with van der Waals surface area (Å²) in [5.41, 5.74) is 7.19. The first-order valence-electron chi connectivity index (χ1n) is 7.37. The molecule has 1 aromatic heterocycles. The van der Waals surface area contributed by atoms with E-state index in [4.69, 9.17) is 5.73 Å². The van der Waals surface area contributed by atoms with Crippen LogP contribution in [0.1, 0.15) is 46.1 Å². The first-order chi connectivity index (χ1) is 9.63. The van der Waals surface area contributed by atoms with E-state index in [2.05, 4.69) is 22.2 Å². The number of nitrogens with one attached hydrogen (secondary N) is 1. The van der Waals surface area contributed by atoms with Crippen LogP contribution in [-0.2, 0) is 13.0 Å². The van der Waals surface area contributed by atoms with Crippen LogP contribution in [0.4, 0.5) is 0 Å². The van der Waals surface area contributed by atoms with Gasteiger partial charge in [-0.15, -0.1) is 23.7 Å². The first-order valence-corrected chi connectivity index (χ1v) is 8.18. The first kappa shape index (κ1) is 16.7. The summed E-state index contributed by atoms with van der Waals surface area (Å²) >= 11 is 1.53. The topological polar surface area (TPSA) is 71.2 Å². The van der Waals surface area contributed by atoms with E-state index < -0.39 is 0 Å². The molecule has 3 N–H and O–H groups in total. The Morgan fingerprint density at radius 3 is 2.95 bits per heavy atom. The highest BCUT2D eigenvalue weighted by Crippen LogP contribution is 2.25. The summed E-state index contributed by atoms with van der Waals surface area (Å²) in [5, 5.41) is 3.68. The quantitative estimate of drug-likeness (QED) is 0.863. The van der Waals surface area contributed by atoms with E-state index >= 15 is 0 Å². The molecule has 1 fully saturated rings. The molecule has 0 radical (unpaired) electrons. The fourth-order valence-corrected chi connectivity index (χ4v) is 4.08. The molecule has 2 atom stereocenters. The monoisotopic (exact) mass is 330 g/mol. The van der Waals surface area contributed by atoms with Crippen molar-refractivity contribution in [3.05, 3.63) is 15.6 Å². The maximum absolute atomic E-state index is 12.3. The SMILES string of the molecule is CN1CCc2nc(C(=O)N[C@H]3CCCC[C@H]3N)sc2C1.Cl. The Morgan fingerprint density at radius 2 is 2.19 bits per heavy atom.